The summed E-state index contributed by atoms with van der Waals surface area (Å²) < 4.78 is 1.60. The fourth-order valence-corrected chi connectivity index (χ4v) is 4.15. The molecule has 7 heteroatoms. The van der Waals surface area contributed by atoms with E-state index in [0.717, 1.165) is 24.1 Å². The van der Waals surface area contributed by atoms with Crippen LogP contribution in [-0.4, -0.2) is 33.0 Å². The molecule has 1 aromatic heterocycles. The number of aromatic nitrogens is 3. The van der Waals surface area contributed by atoms with Crippen LogP contribution < -0.4 is 10.6 Å². The Balaban J connectivity index is 1.40. The summed E-state index contributed by atoms with van der Waals surface area (Å²) in [6, 6.07) is 18.0. The third-order valence-corrected chi connectivity index (χ3v) is 5.66. The number of hydrogen-bond acceptors (Lipinski definition) is 4. The maximum atomic E-state index is 12.7. The molecular formula is C20H20N4O2S. The zero-order valence-electron chi connectivity index (χ0n) is 14.8. The molecular weight excluding hydrogens is 360 g/mol. The Bertz CT molecular complexity index is 996. The van der Waals surface area contributed by atoms with E-state index >= 15 is 0 Å². The number of fused-ring (bicyclic) bond motifs is 1. The van der Waals surface area contributed by atoms with Crippen LogP contribution in [0.15, 0.2) is 64.5 Å². The van der Waals surface area contributed by atoms with Gasteiger partial charge in [0.05, 0.1) is 5.75 Å². The van der Waals surface area contributed by atoms with Gasteiger partial charge in [-0.2, -0.15) is 0 Å². The van der Waals surface area contributed by atoms with Crippen molar-refractivity contribution in [2.24, 2.45) is 0 Å². The quantitative estimate of drug-likeness (QED) is 0.667. The summed E-state index contributed by atoms with van der Waals surface area (Å²) in [5, 5.41) is 7.14. The van der Waals surface area contributed by atoms with Gasteiger partial charge in [0.2, 0.25) is 5.91 Å². The van der Waals surface area contributed by atoms with Gasteiger partial charge < -0.3 is 4.90 Å². The van der Waals surface area contributed by atoms with E-state index < -0.39 is 0 Å². The third kappa shape index (κ3) is 3.83. The van der Waals surface area contributed by atoms with Crippen molar-refractivity contribution in [3.05, 3.63) is 76.2 Å². The molecule has 0 spiro atoms. The molecule has 0 radical (unpaired) electrons. The predicted molar refractivity (Wildman–Crippen MR) is 106 cm³/mol. The Morgan fingerprint density at radius 2 is 1.89 bits per heavy atom. The van der Waals surface area contributed by atoms with Crippen LogP contribution >= 0.6 is 11.8 Å². The number of carbonyl (C=O) groups excluding carboxylic acids is 1. The van der Waals surface area contributed by atoms with Gasteiger partial charge in [0, 0.05) is 18.8 Å². The Labute approximate surface area is 161 Å². The van der Waals surface area contributed by atoms with E-state index in [1.54, 1.807) is 4.57 Å². The maximum absolute atomic E-state index is 12.7. The largest absolute Gasteiger partial charge is 0.343 e. The summed E-state index contributed by atoms with van der Waals surface area (Å²) in [6.07, 6.45) is 1.62. The molecule has 27 heavy (non-hydrogen) atoms. The lowest BCUT2D eigenvalue weighted by atomic mass is 10.1. The zero-order valence-corrected chi connectivity index (χ0v) is 15.6. The van der Waals surface area contributed by atoms with Gasteiger partial charge in [-0.05, 0) is 30.0 Å². The summed E-state index contributed by atoms with van der Waals surface area (Å²) >= 11 is 1.30. The molecule has 1 aliphatic rings. The van der Waals surface area contributed by atoms with Crippen molar-refractivity contribution in [3.8, 4) is 0 Å². The number of hydrogen-bond donors (Lipinski definition) is 1. The van der Waals surface area contributed by atoms with E-state index in [1.807, 2.05) is 53.4 Å². The minimum Gasteiger partial charge on any atom is -0.311 e. The Morgan fingerprint density at radius 3 is 2.74 bits per heavy atom. The average molecular weight is 380 g/mol. The molecule has 0 fully saturated rings. The highest BCUT2D eigenvalue weighted by Gasteiger charge is 2.24. The first-order valence-corrected chi connectivity index (χ1v) is 9.91. The molecule has 2 aromatic carbocycles. The molecule has 0 aliphatic carbocycles. The van der Waals surface area contributed by atoms with E-state index in [4.69, 9.17) is 0 Å². The standard InChI is InChI=1S/C20H20N4O2S/c25-18(23-13-11-16-8-4-5-9-17(16)23)14-27-20-22-21-19(26)24(20)12-10-15-6-2-1-3-7-15/h1-9H,10-14H2,(H,21,26). The molecule has 138 valence electrons. The van der Waals surface area contributed by atoms with Crippen molar-refractivity contribution in [1.29, 1.82) is 0 Å². The molecule has 0 saturated carbocycles. The molecule has 0 bridgehead atoms. The molecule has 1 aliphatic heterocycles. The number of anilines is 1. The normalized spacial score (nSPS) is 13.0. The van der Waals surface area contributed by atoms with Crippen molar-refractivity contribution >= 4 is 23.4 Å². The van der Waals surface area contributed by atoms with Crippen LogP contribution in [0.5, 0.6) is 0 Å². The molecule has 0 unspecified atom stereocenters. The van der Waals surface area contributed by atoms with Crippen LogP contribution in [0, 0.1) is 0 Å². The van der Waals surface area contributed by atoms with Gasteiger partial charge in [0.15, 0.2) is 5.16 Å². The fraction of sp³-hybridized carbons (Fsp3) is 0.250. The van der Waals surface area contributed by atoms with Crippen LogP contribution in [-0.2, 0) is 24.2 Å². The van der Waals surface area contributed by atoms with Gasteiger partial charge in [-0.1, -0.05) is 60.3 Å². The summed E-state index contributed by atoms with van der Waals surface area (Å²) in [7, 11) is 0. The monoisotopic (exact) mass is 380 g/mol. The minimum atomic E-state index is -0.243. The zero-order chi connectivity index (χ0) is 18.6. The average Bonchev–Trinajstić information content (AvgIpc) is 3.29. The first kappa shape index (κ1) is 17.6. The lowest BCUT2D eigenvalue weighted by Crippen LogP contribution is -2.30. The van der Waals surface area contributed by atoms with Gasteiger partial charge in [0.25, 0.3) is 0 Å². The second-order valence-electron chi connectivity index (χ2n) is 6.41. The number of nitrogens with zero attached hydrogens (tertiary/aromatic N) is 3. The van der Waals surface area contributed by atoms with E-state index in [1.165, 1.54) is 17.3 Å². The summed E-state index contributed by atoms with van der Waals surface area (Å²) in [5.41, 5.74) is 3.11. The maximum Gasteiger partial charge on any atom is 0.343 e. The van der Waals surface area contributed by atoms with Crippen molar-refractivity contribution in [3.63, 3.8) is 0 Å². The van der Waals surface area contributed by atoms with E-state index in [-0.39, 0.29) is 17.3 Å². The lowest BCUT2D eigenvalue weighted by Gasteiger charge is -2.16. The lowest BCUT2D eigenvalue weighted by molar-refractivity contribution is -0.116. The molecule has 4 rings (SSSR count). The number of aromatic amines is 1. The SMILES string of the molecule is O=C(CSc1n[nH]c(=O)n1CCc1ccccc1)N1CCc2ccccc21. The van der Waals surface area contributed by atoms with Crippen LogP contribution in [0.25, 0.3) is 0 Å². The van der Waals surface area contributed by atoms with Gasteiger partial charge >= 0.3 is 5.69 Å². The summed E-state index contributed by atoms with van der Waals surface area (Å²) in [4.78, 5) is 26.5. The van der Waals surface area contributed by atoms with Crippen molar-refractivity contribution in [2.45, 2.75) is 24.5 Å². The first-order valence-electron chi connectivity index (χ1n) is 8.92. The Kier molecular flexibility index (Phi) is 5.11. The fourth-order valence-electron chi connectivity index (χ4n) is 3.30. The molecule has 1 amide bonds. The smallest absolute Gasteiger partial charge is 0.311 e. The van der Waals surface area contributed by atoms with Crippen LogP contribution in [0.2, 0.25) is 0 Å². The van der Waals surface area contributed by atoms with Gasteiger partial charge in [-0.25, -0.2) is 9.89 Å². The second-order valence-corrected chi connectivity index (χ2v) is 7.35. The molecule has 0 atom stereocenters. The van der Waals surface area contributed by atoms with Gasteiger partial charge in [-0.3, -0.25) is 9.36 Å². The Morgan fingerprint density at radius 1 is 1.11 bits per heavy atom. The molecule has 3 aromatic rings. The van der Waals surface area contributed by atoms with Crippen molar-refractivity contribution in [1.82, 2.24) is 14.8 Å². The minimum absolute atomic E-state index is 0.0370. The van der Waals surface area contributed by atoms with E-state index in [9.17, 15) is 9.59 Å². The Hall–Kier alpha value is -2.80. The highest BCUT2D eigenvalue weighted by atomic mass is 32.2. The second kappa shape index (κ2) is 7.84. The van der Waals surface area contributed by atoms with Crippen LogP contribution in [0.3, 0.4) is 0 Å². The summed E-state index contributed by atoms with van der Waals surface area (Å²) in [5.74, 6) is 0.291. The number of H-pyrrole nitrogens is 1. The molecule has 0 saturated heterocycles. The molecule has 2 heterocycles. The van der Waals surface area contributed by atoms with Gasteiger partial charge in [0.1, 0.15) is 0 Å². The van der Waals surface area contributed by atoms with Crippen molar-refractivity contribution < 1.29 is 4.79 Å². The molecule has 1 N–H and O–H groups in total. The number of aryl methyl sites for hydroxylation is 1. The number of amides is 1. The number of benzene rings is 2. The predicted octanol–water partition coefficient (Wildman–Crippen LogP) is 2.50. The number of rotatable bonds is 6. The number of para-hydroxylation sites is 1. The third-order valence-electron chi connectivity index (χ3n) is 4.70. The van der Waals surface area contributed by atoms with Crippen molar-refractivity contribution in [2.75, 3.05) is 17.2 Å². The van der Waals surface area contributed by atoms with E-state index in [2.05, 4.69) is 16.3 Å². The molecule has 6 nitrogen and oxygen atoms in total. The number of thioether (sulfide) groups is 1. The highest BCUT2D eigenvalue weighted by Crippen LogP contribution is 2.28. The van der Waals surface area contributed by atoms with Gasteiger partial charge in [-0.15, -0.1) is 5.10 Å². The first-order chi connectivity index (χ1) is 13.2. The number of nitrogens with one attached hydrogen (secondary N) is 1. The van der Waals surface area contributed by atoms with Crippen LogP contribution in [0.1, 0.15) is 11.1 Å². The number of carbonyl (C=O) groups is 1. The van der Waals surface area contributed by atoms with E-state index in [0.29, 0.717) is 18.2 Å². The van der Waals surface area contributed by atoms with Crippen LogP contribution in [0.4, 0.5) is 5.69 Å². The topological polar surface area (TPSA) is 71.0 Å². The highest BCUT2D eigenvalue weighted by molar-refractivity contribution is 7.99. The summed E-state index contributed by atoms with van der Waals surface area (Å²) in [6.45, 7) is 1.24.